The van der Waals surface area contributed by atoms with Gasteiger partial charge in [0.1, 0.15) is 10.6 Å². The van der Waals surface area contributed by atoms with Crippen LogP contribution in [0, 0.1) is 0 Å². The van der Waals surface area contributed by atoms with Crippen LogP contribution in [-0.4, -0.2) is 50.9 Å². The van der Waals surface area contributed by atoms with E-state index in [2.05, 4.69) is 35.1 Å². The number of hydrogen-bond donors (Lipinski definition) is 1. The molecule has 1 fully saturated rings. The molecule has 1 aromatic carbocycles. The molecule has 0 unspecified atom stereocenters. The first kappa shape index (κ1) is 22.6. The molecular formula is C25H30N4O2S. The van der Waals surface area contributed by atoms with E-state index in [1.165, 1.54) is 5.56 Å². The minimum Gasteiger partial charge on any atom is -0.383 e. The number of rotatable bonds is 8. The van der Waals surface area contributed by atoms with Crippen LogP contribution >= 0.6 is 11.3 Å². The van der Waals surface area contributed by atoms with Gasteiger partial charge >= 0.3 is 0 Å². The zero-order chi connectivity index (χ0) is 22.4. The van der Waals surface area contributed by atoms with E-state index < -0.39 is 5.60 Å². The predicted octanol–water partition coefficient (Wildman–Crippen LogP) is 3.61. The topological polar surface area (TPSA) is 69.6 Å². The molecule has 1 aliphatic rings. The molecule has 3 aromatic rings. The van der Waals surface area contributed by atoms with E-state index in [0.717, 1.165) is 35.8 Å². The summed E-state index contributed by atoms with van der Waals surface area (Å²) >= 11 is 1.58. The maximum atomic E-state index is 12.6. The highest BCUT2D eigenvalue weighted by molar-refractivity contribution is 7.09. The molecule has 3 heterocycles. The number of piperidine rings is 1. The molecule has 1 saturated heterocycles. The van der Waals surface area contributed by atoms with E-state index >= 15 is 0 Å². The number of carbonyl (C=O) groups is 1. The number of aromatic nitrogens is 2. The van der Waals surface area contributed by atoms with Crippen molar-refractivity contribution < 1.29 is 9.90 Å². The molecule has 4 rings (SSSR count). The van der Waals surface area contributed by atoms with E-state index in [4.69, 9.17) is 4.98 Å². The Morgan fingerprint density at radius 2 is 1.88 bits per heavy atom. The monoisotopic (exact) mass is 450 g/mol. The summed E-state index contributed by atoms with van der Waals surface area (Å²) in [4.78, 5) is 25.6. The van der Waals surface area contributed by atoms with Gasteiger partial charge in [-0.2, -0.15) is 0 Å². The Morgan fingerprint density at radius 3 is 2.59 bits per heavy atom. The van der Waals surface area contributed by atoms with Crippen molar-refractivity contribution in [3.05, 3.63) is 82.1 Å². The van der Waals surface area contributed by atoms with E-state index in [-0.39, 0.29) is 5.91 Å². The van der Waals surface area contributed by atoms with Crippen LogP contribution in [0.25, 0.3) is 0 Å². The Kier molecular flexibility index (Phi) is 7.29. The summed E-state index contributed by atoms with van der Waals surface area (Å²) < 4.78 is 0. The van der Waals surface area contributed by atoms with Crippen molar-refractivity contribution in [3.8, 4) is 0 Å². The molecule has 1 aliphatic heterocycles. The first-order valence-electron chi connectivity index (χ1n) is 11.1. The molecule has 1 amide bonds. The van der Waals surface area contributed by atoms with Gasteiger partial charge in [-0.1, -0.05) is 36.4 Å². The molecule has 32 heavy (non-hydrogen) atoms. The predicted molar refractivity (Wildman–Crippen MR) is 126 cm³/mol. The van der Waals surface area contributed by atoms with E-state index in [1.807, 2.05) is 40.7 Å². The summed E-state index contributed by atoms with van der Waals surface area (Å²) in [6.07, 6.45) is 5.97. The molecule has 6 nitrogen and oxygen atoms in total. The fourth-order valence-corrected chi connectivity index (χ4v) is 5.09. The number of hydrogen-bond acceptors (Lipinski definition) is 6. The Bertz CT molecular complexity index is 1000. The molecule has 7 heteroatoms. The van der Waals surface area contributed by atoms with Gasteiger partial charge in [0.05, 0.1) is 12.2 Å². The maximum absolute atomic E-state index is 12.6. The highest BCUT2D eigenvalue weighted by Gasteiger charge is 2.37. The van der Waals surface area contributed by atoms with Gasteiger partial charge in [-0.15, -0.1) is 11.3 Å². The van der Waals surface area contributed by atoms with Gasteiger partial charge in [0, 0.05) is 43.8 Å². The van der Waals surface area contributed by atoms with Crippen LogP contribution in [0.5, 0.6) is 0 Å². The smallest absolute Gasteiger partial charge is 0.222 e. The Morgan fingerprint density at radius 1 is 1.12 bits per heavy atom. The second-order valence-electron chi connectivity index (χ2n) is 8.56. The fraction of sp³-hybridized carbons (Fsp3) is 0.400. The largest absolute Gasteiger partial charge is 0.383 e. The van der Waals surface area contributed by atoms with Gasteiger partial charge in [-0.3, -0.25) is 14.7 Å². The van der Waals surface area contributed by atoms with Crippen LogP contribution < -0.4 is 0 Å². The summed E-state index contributed by atoms with van der Waals surface area (Å²) in [5, 5.41) is 14.2. The van der Waals surface area contributed by atoms with Crippen LogP contribution in [-0.2, 0) is 29.9 Å². The number of aliphatic hydroxyl groups is 1. The van der Waals surface area contributed by atoms with Gasteiger partial charge in [-0.05, 0) is 43.5 Å². The normalized spacial score (nSPS) is 15.8. The Labute approximate surface area is 193 Å². The number of amides is 1. The fourth-order valence-electron chi connectivity index (χ4n) is 4.12. The lowest BCUT2D eigenvalue weighted by atomic mass is 9.88. The van der Waals surface area contributed by atoms with Crippen molar-refractivity contribution in [2.75, 3.05) is 20.1 Å². The first-order valence-corrected chi connectivity index (χ1v) is 12.0. The molecule has 0 saturated carbocycles. The van der Waals surface area contributed by atoms with E-state index in [0.29, 0.717) is 32.4 Å². The molecule has 0 radical (unpaired) electrons. The molecule has 0 bridgehead atoms. The first-order chi connectivity index (χ1) is 15.5. The number of aryl methyl sites for hydroxylation is 1. The average Bonchev–Trinajstić information content (AvgIpc) is 3.28. The highest BCUT2D eigenvalue weighted by Crippen LogP contribution is 2.34. The SMILES string of the molecule is CN(Cc1cccnc1)Cc1nc(C2(O)CCN(C(=O)CCc3ccccc3)CC2)cs1. The molecular weight excluding hydrogens is 420 g/mol. The van der Waals surface area contributed by atoms with Gasteiger partial charge in [0.25, 0.3) is 0 Å². The third-order valence-electron chi connectivity index (χ3n) is 6.02. The number of thiazole rings is 1. The number of carbonyl (C=O) groups excluding carboxylic acids is 1. The van der Waals surface area contributed by atoms with Crippen LogP contribution in [0.1, 0.15) is 41.1 Å². The summed E-state index contributed by atoms with van der Waals surface area (Å²) in [6, 6.07) is 14.1. The number of nitrogens with zero attached hydrogens (tertiary/aromatic N) is 4. The molecule has 168 valence electrons. The molecule has 0 atom stereocenters. The minimum atomic E-state index is -0.952. The molecule has 0 aliphatic carbocycles. The lowest BCUT2D eigenvalue weighted by Gasteiger charge is -2.37. The standard InChI is InChI=1S/C25H30N4O2S/c1-28(17-21-8-5-13-26-16-21)18-23-27-22(19-32-23)25(31)11-14-29(15-12-25)24(30)10-9-20-6-3-2-4-7-20/h2-8,13,16,19,31H,9-12,14-15,17-18H2,1H3. The van der Waals surface area contributed by atoms with Crippen molar-refractivity contribution in [1.82, 2.24) is 19.8 Å². The zero-order valence-corrected chi connectivity index (χ0v) is 19.3. The van der Waals surface area contributed by atoms with Crippen molar-refractivity contribution in [1.29, 1.82) is 0 Å². The van der Waals surface area contributed by atoms with Gasteiger partial charge in [-0.25, -0.2) is 4.98 Å². The Balaban J connectivity index is 1.27. The lowest BCUT2D eigenvalue weighted by Crippen LogP contribution is -2.45. The summed E-state index contributed by atoms with van der Waals surface area (Å²) in [5.74, 6) is 0.159. The van der Waals surface area contributed by atoms with Crippen molar-refractivity contribution in [2.24, 2.45) is 0 Å². The van der Waals surface area contributed by atoms with Crippen molar-refractivity contribution in [3.63, 3.8) is 0 Å². The van der Waals surface area contributed by atoms with Crippen molar-refractivity contribution in [2.45, 2.75) is 44.4 Å². The third-order valence-corrected chi connectivity index (χ3v) is 6.86. The lowest BCUT2D eigenvalue weighted by molar-refractivity contribution is -0.135. The zero-order valence-electron chi connectivity index (χ0n) is 18.5. The van der Waals surface area contributed by atoms with E-state index in [1.54, 1.807) is 17.5 Å². The highest BCUT2D eigenvalue weighted by atomic mass is 32.1. The third kappa shape index (κ3) is 5.79. The number of likely N-dealkylation sites (tertiary alicyclic amines) is 1. The summed E-state index contributed by atoms with van der Waals surface area (Å²) in [7, 11) is 2.06. The van der Waals surface area contributed by atoms with Crippen molar-refractivity contribution >= 4 is 17.2 Å². The summed E-state index contributed by atoms with van der Waals surface area (Å²) in [5.41, 5.74) is 2.13. The van der Waals surface area contributed by atoms with Gasteiger partial charge in [0.15, 0.2) is 0 Å². The Hall–Kier alpha value is -2.61. The maximum Gasteiger partial charge on any atom is 0.222 e. The minimum absolute atomic E-state index is 0.159. The molecule has 0 spiro atoms. The quantitative estimate of drug-likeness (QED) is 0.568. The average molecular weight is 451 g/mol. The number of pyridine rings is 1. The van der Waals surface area contributed by atoms with Crippen LogP contribution in [0.4, 0.5) is 0 Å². The molecule has 1 N–H and O–H groups in total. The second kappa shape index (κ2) is 10.3. The van der Waals surface area contributed by atoms with Crippen LogP contribution in [0.2, 0.25) is 0 Å². The van der Waals surface area contributed by atoms with Gasteiger partial charge in [0.2, 0.25) is 5.91 Å². The van der Waals surface area contributed by atoms with Crippen LogP contribution in [0.15, 0.2) is 60.2 Å². The van der Waals surface area contributed by atoms with E-state index in [9.17, 15) is 9.90 Å². The van der Waals surface area contributed by atoms with Crippen LogP contribution in [0.3, 0.4) is 0 Å². The summed E-state index contributed by atoms with van der Waals surface area (Å²) in [6.45, 7) is 2.66. The van der Waals surface area contributed by atoms with Gasteiger partial charge < -0.3 is 10.0 Å². The second-order valence-corrected chi connectivity index (χ2v) is 9.50. The molecule has 2 aromatic heterocycles. The number of benzene rings is 1.